The molecule has 2 heterocycles. The lowest BCUT2D eigenvalue weighted by molar-refractivity contribution is -0.119. The highest BCUT2D eigenvalue weighted by Crippen LogP contribution is 2.45. The number of aromatic nitrogens is 1. The van der Waals surface area contributed by atoms with E-state index in [2.05, 4.69) is 5.32 Å². The number of fused-ring (bicyclic) bond motifs is 2. The summed E-state index contributed by atoms with van der Waals surface area (Å²) in [6, 6.07) is 22.4. The first-order valence-corrected chi connectivity index (χ1v) is 11.4. The summed E-state index contributed by atoms with van der Waals surface area (Å²) in [6.45, 7) is 2.40. The summed E-state index contributed by atoms with van der Waals surface area (Å²) < 4.78 is 7.77. The number of benzene rings is 3. The molecule has 34 heavy (non-hydrogen) atoms. The fourth-order valence-electron chi connectivity index (χ4n) is 5.02. The molecule has 0 aliphatic carbocycles. The molecule has 2 amide bonds. The van der Waals surface area contributed by atoms with Crippen molar-refractivity contribution in [3.63, 3.8) is 0 Å². The SMILES string of the molecule is CCOc1ccccc1NC(=O)[C@H]1c2ccccc2C(=O)N(C)[C@@H]1c1cn(C)c2ccccc12. The van der Waals surface area contributed by atoms with Crippen LogP contribution < -0.4 is 10.1 Å². The van der Waals surface area contributed by atoms with E-state index in [1.54, 1.807) is 18.0 Å². The van der Waals surface area contributed by atoms with Crippen LogP contribution in [-0.2, 0) is 11.8 Å². The Morgan fingerprint density at radius 2 is 1.65 bits per heavy atom. The molecule has 0 saturated carbocycles. The Hall–Kier alpha value is -4.06. The van der Waals surface area contributed by atoms with Gasteiger partial charge in [-0.3, -0.25) is 9.59 Å². The quantitative estimate of drug-likeness (QED) is 0.456. The molecule has 6 nitrogen and oxygen atoms in total. The Morgan fingerprint density at radius 1 is 0.941 bits per heavy atom. The molecule has 4 aromatic rings. The number of para-hydroxylation sites is 3. The topological polar surface area (TPSA) is 63.6 Å². The van der Waals surface area contributed by atoms with E-state index < -0.39 is 12.0 Å². The maximum Gasteiger partial charge on any atom is 0.254 e. The van der Waals surface area contributed by atoms with Gasteiger partial charge < -0.3 is 19.5 Å². The number of likely N-dealkylation sites (N-methyl/N-ethyl adjacent to an activating group) is 1. The molecule has 0 unspecified atom stereocenters. The standard InChI is InChI=1S/C28H27N3O3/c1-4-34-24-16-10-8-14-22(24)29-27(32)25-19-12-5-6-13-20(19)28(33)31(3)26(25)21-17-30(2)23-15-9-7-11-18(21)23/h5-17,25-26H,4H2,1-3H3,(H,29,32)/t25-,26+/m0/s1. The van der Waals surface area contributed by atoms with Crippen molar-refractivity contribution in [1.29, 1.82) is 0 Å². The van der Waals surface area contributed by atoms with E-state index in [0.29, 0.717) is 23.6 Å². The maximum atomic E-state index is 14.0. The molecule has 0 fully saturated rings. The average Bonchev–Trinajstić information content (AvgIpc) is 3.18. The van der Waals surface area contributed by atoms with Crippen molar-refractivity contribution >= 4 is 28.4 Å². The first kappa shape index (κ1) is 21.8. The van der Waals surface area contributed by atoms with Crippen LogP contribution >= 0.6 is 0 Å². The number of amides is 2. The third-order valence-electron chi connectivity index (χ3n) is 6.55. The van der Waals surface area contributed by atoms with Gasteiger partial charge in [0.15, 0.2) is 0 Å². The highest BCUT2D eigenvalue weighted by atomic mass is 16.5. The fourth-order valence-corrected chi connectivity index (χ4v) is 5.02. The minimum atomic E-state index is -0.598. The lowest BCUT2D eigenvalue weighted by Crippen LogP contribution is -2.44. The number of carbonyl (C=O) groups is 2. The number of nitrogens with one attached hydrogen (secondary N) is 1. The average molecular weight is 454 g/mol. The van der Waals surface area contributed by atoms with Crippen LogP contribution in [0.15, 0.2) is 79.0 Å². The zero-order valence-electron chi connectivity index (χ0n) is 19.5. The van der Waals surface area contributed by atoms with Crippen LogP contribution in [0, 0.1) is 0 Å². The fraction of sp³-hybridized carbons (Fsp3) is 0.214. The summed E-state index contributed by atoms with van der Waals surface area (Å²) in [5, 5.41) is 4.12. The molecule has 0 spiro atoms. The number of rotatable bonds is 5. The van der Waals surface area contributed by atoms with Gasteiger partial charge in [0, 0.05) is 42.3 Å². The van der Waals surface area contributed by atoms with Gasteiger partial charge in [-0.25, -0.2) is 0 Å². The zero-order valence-corrected chi connectivity index (χ0v) is 19.5. The van der Waals surface area contributed by atoms with Gasteiger partial charge in [-0.2, -0.15) is 0 Å². The number of carbonyl (C=O) groups excluding carboxylic acids is 2. The van der Waals surface area contributed by atoms with E-state index in [0.717, 1.165) is 22.0 Å². The summed E-state index contributed by atoms with van der Waals surface area (Å²) in [5.74, 6) is -0.253. The second kappa shape index (κ2) is 8.71. The number of ether oxygens (including phenoxy) is 1. The van der Waals surface area contributed by atoms with E-state index in [1.165, 1.54) is 0 Å². The molecule has 172 valence electrons. The van der Waals surface area contributed by atoms with Crippen molar-refractivity contribution in [3.05, 3.63) is 95.7 Å². The predicted octanol–water partition coefficient (Wildman–Crippen LogP) is 5.13. The molecular weight excluding hydrogens is 426 g/mol. The minimum absolute atomic E-state index is 0.0905. The number of anilines is 1. The normalized spacial score (nSPS) is 17.5. The molecule has 1 aromatic heterocycles. The van der Waals surface area contributed by atoms with E-state index in [4.69, 9.17) is 4.74 Å². The Labute approximate surface area is 198 Å². The van der Waals surface area contributed by atoms with Crippen LogP contribution in [0.1, 0.15) is 40.4 Å². The summed E-state index contributed by atoms with van der Waals surface area (Å²) in [7, 11) is 3.76. The van der Waals surface area contributed by atoms with Crippen molar-refractivity contribution in [3.8, 4) is 5.75 Å². The third kappa shape index (κ3) is 3.52. The lowest BCUT2D eigenvalue weighted by atomic mass is 9.79. The van der Waals surface area contributed by atoms with Crippen LogP contribution in [0.3, 0.4) is 0 Å². The smallest absolute Gasteiger partial charge is 0.254 e. The zero-order chi connectivity index (χ0) is 23.8. The van der Waals surface area contributed by atoms with Crippen LogP contribution in [0.25, 0.3) is 10.9 Å². The second-order valence-corrected chi connectivity index (χ2v) is 8.56. The molecule has 2 atom stereocenters. The van der Waals surface area contributed by atoms with E-state index in [-0.39, 0.29) is 11.8 Å². The number of aryl methyl sites for hydroxylation is 1. The molecule has 3 aromatic carbocycles. The van der Waals surface area contributed by atoms with Crippen molar-refractivity contribution in [2.45, 2.75) is 18.9 Å². The van der Waals surface area contributed by atoms with E-state index >= 15 is 0 Å². The summed E-state index contributed by atoms with van der Waals surface area (Å²) in [4.78, 5) is 29.0. The van der Waals surface area contributed by atoms with Crippen LogP contribution in [0.2, 0.25) is 0 Å². The Kier molecular flexibility index (Phi) is 5.57. The number of nitrogens with zero attached hydrogens (tertiary/aromatic N) is 2. The molecule has 5 rings (SSSR count). The summed E-state index contributed by atoms with van der Waals surface area (Å²) in [5.41, 5.74) is 3.90. The largest absolute Gasteiger partial charge is 0.492 e. The molecule has 1 aliphatic rings. The number of hydrogen-bond acceptors (Lipinski definition) is 3. The Bertz CT molecular complexity index is 1390. The molecule has 1 N–H and O–H groups in total. The van der Waals surface area contributed by atoms with Crippen LogP contribution in [0.5, 0.6) is 5.75 Å². The van der Waals surface area contributed by atoms with Crippen molar-refractivity contribution in [1.82, 2.24) is 9.47 Å². The highest BCUT2D eigenvalue weighted by Gasteiger charge is 2.43. The van der Waals surface area contributed by atoms with Crippen molar-refractivity contribution in [2.75, 3.05) is 19.0 Å². The minimum Gasteiger partial charge on any atom is -0.492 e. The van der Waals surface area contributed by atoms with Gasteiger partial charge in [0.05, 0.1) is 24.3 Å². The first-order chi connectivity index (χ1) is 16.5. The van der Waals surface area contributed by atoms with Gasteiger partial charge in [-0.1, -0.05) is 48.5 Å². The molecule has 0 bridgehead atoms. The van der Waals surface area contributed by atoms with Gasteiger partial charge >= 0.3 is 0 Å². The van der Waals surface area contributed by atoms with Crippen LogP contribution in [0.4, 0.5) is 5.69 Å². The monoisotopic (exact) mass is 453 g/mol. The second-order valence-electron chi connectivity index (χ2n) is 8.56. The van der Waals surface area contributed by atoms with Gasteiger partial charge in [0.1, 0.15) is 5.75 Å². The lowest BCUT2D eigenvalue weighted by Gasteiger charge is -2.39. The first-order valence-electron chi connectivity index (χ1n) is 11.4. The van der Waals surface area contributed by atoms with Gasteiger partial charge in [0.25, 0.3) is 5.91 Å². The number of hydrogen-bond donors (Lipinski definition) is 1. The van der Waals surface area contributed by atoms with Gasteiger partial charge in [-0.05, 0) is 36.8 Å². The summed E-state index contributed by atoms with van der Waals surface area (Å²) in [6.07, 6.45) is 2.03. The van der Waals surface area contributed by atoms with E-state index in [1.807, 2.05) is 91.5 Å². The third-order valence-corrected chi connectivity index (χ3v) is 6.55. The van der Waals surface area contributed by atoms with E-state index in [9.17, 15) is 9.59 Å². The predicted molar refractivity (Wildman–Crippen MR) is 133 cm³/mol. The molecule has 0 saturated heterocycles. The van der Waals surface area contributed by atoms with Crippen molar-refractivity contribution < 1.29 is 14.3 Å². The summed E-state index contributed by atoms with van der Waals surface area (Å²) >= 11 is 0. The Balaban J connectivity index is 1.66. The van der Waals surface area contributed by atoms with Gasteiger partial charge in [0.2, 0.25) is 5.91 Å². The highest BCUT2D eigenvalue weighted by molar-refractivity contribution is 6.05. The Morgan fingerprint density at radius 3 is 2.47 bits per heavy atom. The maximum absolute atomic E-state index is 14.0. The van der Waals surface area contributed by atoms with Gasteiger partial charge in [-0.15, -0.1) is 0 Å². The van der Waals surface area contributed by atoms with Crippen molar-refractivity contribution in [2.24, 2.45) is 7.05 Å². The molecular formula is C28H27N3O3. The molecule has 1 aliphatic heterocycles. The van der Waals surface area contributed by atoms with Crippen LogP contribution in [-0.4, -0.2) is 34.9 Å². The molecule has 6 heteroatoms. The molecule has 0 radical (unpaired) electrons.